The van der Waals surface area contributed by atoms with Crippen LogP contribution in [0, 0.1) is 11.2 Å². The molecule has 0 spiro atoms. The fraction of sp³-hybridized carbons (Fsp3) is 0.625. The van der Waals surface area contributed by atoms with Crippen molar-refractivity contribution < 1.29 is 17.6 Å². The summed E-state index contributed by atoms with van der Waals surface area (Å²) in [7, 11) is 0. The van der Waals surface area contributed by atoms with Gasteiger partial charge >= 0.3 is 6.18 Å². The summed E-state index contributed by atoms with van der Waals surface area (Å²) in [6, 6.07) is 3.20. The van der Waals surface area contributed by atoms with Gasteiger partial charge in [-0.15, -0.1) is 0 Å². The summed E-state index contributed by atoms with van der Waals surface area (Å²) in [5.41, 5.74) is -0.726. The highest BCUT2D eigenvalue weighted by atomic mass is 19.4. The van der Waals surface area contributed by atoms with Crippen molar-refractivity contribution in [2.45, 2.75) is 51.7 Å². The zero-order valence-corrected chi connectivity index (χ0v) is 12.4. The number of hydrogen-bond acceptors (Lipinski definition) is 1. The number of rotatable bonds is 4. The van der Waals surface area contributed by atoms with Crippen LogP contribution >= 0.6 is 0 Å². The Labute approximate surface area is 122 Å². The standard InChI is InChI=1S/C16H21F4N/c1-3-21-14(15(2)8-4-5-9-15)11-6-7-13(17)12(10-11)16(18,19)20/h6-7,10,14,21H,3-5,8-9H2,1-2H3. The van der Waals surface area contributed by atoms with E-state index in [1.165, 1.54) is 6.07 Å². The van der Waals surface area contributed by atoms with Crippen LogP contribution in [-0.2, 0) is 6.18 Å². The highest BCUT2D eigenvalue weighted by Crippen LogP contribution is 2.47. The quantitative estimate of drug-likeness (QED) is 0.765. The minimum atomic E-state index is -4.66. The Balaban J connectivity index is 2.41. The molecule has 0 aromatic heterocycles. The van der Waals surface area contributed by atoms with E-state index >= 15 is 0 Å². The number of benzene rings is 1. The molecule has 0 heterocycles. The molecule has 0 radical (unpaired) electrons. The molecule has 1 aromatic rings. The lowest BCUT2D eigenvalue weighted by Crippen LogP contribution is -2.34. The van der Waals surface area contributed by atoms with Gasteiger partial charge in [0, 0.05) is 6.04 Å². The SMILES string of the molecule is CCNC(c1ccc(F)c(C(F)(F)F)c1)C1(C)CCCC1. The molecule has 1 aromatic carbocycles. The Bertz CT molecular complexity index is 490. The molecule has 1 fully saturated rings. The molecule has 1 nitrogen and oxygen atoms in total. The van der Waals surface area contributed by atoms with Gasteiger partial charge in [0.25, 0.3) is 0 Å². The highest BCUT2D eigenvalue weighted by Gasteiger charge is 2.39. The third-order valence-electron chi connectivity index (χ3n) is 4.48. The van der Waals surface area contributed by atoms with Crippen LogP contribution in [0.25, 0.3) is 0 Å². The van der Waals surface area contributed by atoms with Crippen LogP contribution in [0.1, 0.15) is 56.7 Å². The topological polar surface area (TPSA) is 12.0 Å². The van der Waals surface area contributed by atoms with Gasteiger partial charge in [0.2, 0.25) is 0 Å². The van der Waals surface area contributed by atoms with Crippen molar-refractivity contribution in [3.05, 3.63) is 35.1 Å². The summed E-state index contributed by atoms with van der Waals surface area (Å²) in [6.45, 7) is 4.70. The molecular weight excluding hydrogens is 282 g/mol. The van der Waals surface area contributed by atoms with Crippen molar-refractivity contribution in [1.82, 2.24) is 5.32 Å². The molecule has 1 unspecified atom stereocenters. The summed E-state index contributed by atoms with van der Waals surface area (Å²) in [6.07, 6.45) is -0.530. The van der Waals surface area contributed by atoms with E-state index in [9.17, 15) is 17.6 Å². The summed E-state index contributed by atoms with van der Waals surface area (Å²) in [5, 5.41) is 3.29. The molecule has 2 rings (SSSR count). The van der Waals surface area contributed by atoms with Crippen molar-refractivity contribution in [2.24, 2.45) is 5.41 Å². The Morgan fingerprint density at radius 3 is 2.38 bits per heavy atom. The largest absolute Gasteiger partial charge is 0.419 e. The molecule has 1 aliphatic carbocycles. The number of halogens is 4. The number of alkyl halides is 3. The van der Waals surface area contributed by atoms with Gasteiger partial charge in [-0.1, -0.05) is 32.8 Å². The number of nitrogens with one attached hydrogen (secondary N) is 1. The highest BCUT2D eigenvalue weighted by molar-refractivity contribution is 5.31. The molecule has 1 saturated carbocycles. The Morgan fingerprint density at radius 1 is 1.24 bits per heavy atom. The first-order valence-corrected chi connectivity index (χ1v) is 7.38. The molecule has 5 heteroatoms. The Morgan fingerprint density at radius 2 is 1.86 bits per heavy atom. The molecule has 21 heavy (non-hydrogen) atoms. The molecule has 0 bridgehead atoms. The second-order valence-corrected chi connectivity index (χ2v) is 6.09. The summed E-state index contributed by atoms with van der Waals surface area (Å²) in [5.74, 6) is -1.21. The van der Waals surface area contributed by atoms with E-state index in [1.807, 2.05) is 6.92 Å². The van der Waals surface area contributed by atoms with Gasteiger partial charge in [0.1, 0.15) is 5.82 Å². The predicted octanol–water partition coefficient (Wildman–Crippen LogP) is 5.08. The van der Waals surface area contributed by atoms with E-state index in [0.717, 1.165) is 37.8 Å². The normalized spacial score (nSPS) is 19.7. The maximum atomic E-state index is 13.4. The minimum Gasteiger partial charge on any atom is -0.310 e. The lowest BCUT2D eigenvalue weighted by atomic mass is 9.77. The lowest BCUT2D eigenvalue weighted by molar-refractivity contribution is -0.140. The van der Waals surface area contributed by atoms with Gasteiger partial charge in [-0.2, -0.15) is 13.2 Å². The van der Waals surface area contributed by atoms with E-state index in [2.05, 4.69) is 12.2 Å². The first kappa shape index (κ1) is 16.3. The summed E-state index contributed by atoms with van der Waals surface area (Å²) < 4.78 is 52.1. The van der Waals surface area contributed by atoms with Crippen molar-refractivity contribution >= 4 is 0 Å². The zero-order valence-electron chi connectivity index (χ0n) is 12.4. The van der Waals surface area contributed by atoms with Crippen LogP contribution in [0.15, 0.2) is 18.2 Å². The smallest absolute Gasteiger partial charge is 0.310 e. The molecule has 118 valence electrons. The maximum Gasteiger partial charge on any atom is 0.419 e. The third kappa shape index (κ3) is 3.39. The van der Waals surface area contributed by atoms with Gasteiger partial charge in [-0.3, -0.25) is 0 Å². The van der Waals surface area contributed by atoms with Crippen LogP contribution in [-0.4, -0.2) is 6.54 Å². The van der Waals surface area contributed by atoms with E-state index in [-0.39, 0.29) is 11.5 Å². The fourth-order valence-electron chi connectivity index (χ4n) is 3.38. The average Bonchev–Trinajstić information content (AvgIpc) is 2.83. The van der Waals surface area contributed by atoms with Crippen LogP contribution < -0.4 is 5.32 Å². The van der Waals surface area contributed by atoms with Crippen LogP contribution in [0.3, 0.4) is 0 Å². The number of hydrogen-bond donors (Lipinski definition) is 1. The Hall–Kier alpha value is -1.10. The molecule has 1 aliphatic rings. The molecule has 0 amide bonds. The second kappa shape index (κ2) is 5.95. The van der Waals surface area contributed by atoms with E-state index in [4.69, 9.17) is 0 Å². The van der Waals surface area contributed by atoms with Gasteiger partial charge in [0.05, 0.1) is 5.56 Å². The van der Waals surface area contributed by atoms with Crippen LogP contribution in [0.4, 0.5) is 17.6 Å². The molecule has 0 aliphatic heterocycles. The lowest BCUT2D eigenvalue weighted by Gasteiger charge is -2.35. The van der Waals surface area contributed by atoms with Crippen molar-refractivity contribution in [1.29, 1.82) is 0 Å². The fourth-order valence-corrected chi connectivity index (χ4v) is 3.38. The first-order valence-electron chi connectivity index (χ1n) is 7.38. The van der Waals surface area contributed by atoms with E-state index in [1.54, 1.807) is 0 Å². The van der Waals surface area contributed by atoms with Gasteiger partial charge < -0.3 is 5.32 Å². The van der Waals surface area contributed by atoms with E-state index in [0.29, 0.717) is 12.1 Å². The molecule has 0 saturated heterocycles. The van der Waals surface area contributed by atoms with Crippen molar-refractivity contribution in [3.63, 3.8) is 0 Å². The predicted molar refractivity (Wildman–Crippen MR) is 74.4 cm³/mol. The average molecular weight is 303 g/mol. The summed E-state index contributed by atoms with van der Waals surface area (Å²) in [4.78, 5) is 0. The molecule has 1 N–H and O–H groups in total. The van der Waals surface area contributed by atoms with Gasteiger partial charge in [0.15, 0.2) is 0 Å². The molecular formula is C16H21F4N. The maximum absolute atomic E-state index is 13.4. The zero-order chi connectivity index (χ0) is 15.7. The van der Waals surface area contributed by atoms with Crippen molar-refractivity contribution in [2.75, 3.05) is 6.54 Å². The van der Waals surface area contributed by atoms with Gasteiger partial charge in [-0.05, 0) is 42.5 Å². The first-order chi connectivity index (χ1) is 9.78. The van der Waals surface area contributed by atoms with E-state index < -0.39 is 17.6 Å². The van der Waals surface area contributed by atoms with Crippen LogP contribution in [0.5, 0.6) is 0 Å². The second-order valence-electron chi connectivity index (χ2n) is 6.09. The molecule has 1 atom stereocenters. The minimum absolute atomic E-state index is 0.0727. The van der Waals surface area contributed by atoms with Crippen LogP contribution in [0.2, 0.25) is 0 Å². The third-order valence-corrected chi connectivity index (χ3v) is 4.48. The van der Waals surface area contributed by atoms with Crippen molar-refractivity contribution in [3.8, 4) is 0 Å². The summed E-state index contributed by atoms with van der Waals surface area (Å²) >= 11 is 0. The monoisotopic (exact) mass is 303 g/mol. The Kier molecular flexibility index (Phi) is 4.61. The van der Waals surface area contributed by atoms with Gasteiger partial charge in [-0.25, -0.2) is 4.39 Å².